The van der Waals surface area contributed by atoms with Crippen LogP contribution in [0.5, 0.6) is 0 Å². The van der Waals surface area contributed by atoms with Crippen molar-refractivity contribution in [3.8, 4) is 0 Å². The minimum Gasteiger partial charge on any atom is -0.399 e. The lowest BCUT2D eigenvalue weighted by Gasteiger charge is -2.23. The van der Waals surface area contributed by atoms with Crippen molar-refractivity contribution in [2.45, 2.75) is 19.3 Å². The summed E-state index contributed by atoms with van der Waals surface area (Å²) in [6.45, 7) is 1.97. The number of aryl methyl sites for hydroxylation is 1. The molecule has 0 fully saturated rings. The smallest absolute Gasteiger partial charge is 0.226 e. The molecule has 0 bridgehead atoms. The monoisotopic (exact) mass is 242 g/mol. The Hall–Kier alpha value is -2.30. The molecular formula is C13H14N4O. The first-order valence-corrected chi connectivity index (χ1v) is 5.85. The third kappa shape index (κ3) is 1.64. The van der Waals surface area contributed by atoms with E-state index in [1.54, 1.807) is 0 Å². The number of hydrogen-bond acceptors (Lipinski definition) is 3. The second-order valence-electron chi connectivity index (χ2n) is 4.58. The van der Waals surface area contributed by atoms with Gasteiger partial charge in [-0.1, -0.05) is 12.1 Å². The van der Waals surface area contributed by atoms with Gasteiger partial charge in [-0.3, -0.25) is 9.89 Å². The molecule has 92 valence electrons. The van der Waals surface area contributed by atoms with Crippen LogP contribution < -0.4 is 11.1 Å². The number of aromatic amines is 1. The SMILES string of the molecule is Cc1[nH]nc2c1C(c1ccc(N)cc1)CC(=O)N2. The number of benzene rings is 1. The number of nitrogens with one attached hydrogen (secondary N) is 2. The van der Waals surface area contributed by atoms with Crippen molar-refractivity contribution in [2.24, 2.45) is 0 Å². The molecule has 0 aliphatic carbocycles. The summed E-state index contributed by atoms with van der Waals surface area (Å²) in [5.41, 5.74) is 9.56. The molecule has 4 N–H and O–H groups in total. The Morgan fingerprint density at radius 1 is 1.33 bits per heavy atom. The Kier molecular flexibility index (Phi) is 2.33. The van der Waals surface area contributed by atoms with Crippen LogP contribution in [0.15, 0.2) is 24.3 Å². The highest BCUT2D eigenvalue weighted by Gasteiger charge is 2.30. The van der Waals surface area contributed by atoms with Crippen molar-refractivity contribution >= 4 is 17.4 Å². The average molecular weight is 242 g/mol. The first kappa shape index (κ1) is 10.8. The molecular weight excluding hydrogens is 228 g/mol. The van der Waals surface area contributed by atoms with Gasteiger partial charge in [0, 0.05) is 29.3 Å². The quantitative estimate of drug-likeness (QED) is 0.666. The molecule has 5 heteroatoms. The minimum atomic E-state index is -0.00387. The summed E-state index contributed by atoms with van der Waals surface area (Å²) in [5.74, 6) is 0.689. The number of rotatable bonds is 1. The second-order valence-corrected chi connectivity index (χ2v) is 4.58. The second kappa shape index (κ2) is 3.87. The molecule has 1 unspecified atom stereocenters. The van der Waals surface area contributed by atoms with Gasteiger partial charge in [0.25, 0.3) is 0 Å². The number of nitrogens with two attached hydrogens (primary N) is 1. The van der Waals surface area contributed by atoms with E-state index in [-0.39, 0.29) is 11.8 Å². The molecule has 1 aliphatic heterocycles. The number of nitrogens with zero attached hydrogens (tertiary/aromatic N) is 1. The molecule has 0 spiro atoms. The largest absolute Gasteiger partial charge is 0.399 e. The highest BCUT2D eigenvalue weighted by Crippen LogP contribution is 2.37. The van der Waals surface area contributed by atoms with Crippen LogP contribution in [-0.2, 0) is 4.79 Å². The molecule has 18 heavy (non-hydrogen) atoms. The van der Waals surface area contributed by atoms with Gasteiger partial charge in [0.1, 0.15) is 0 Å². The Morgan fingerprint density at radius 3 is 2.78 bits per heavy atom. The molecule has 0 saturated heterocycles. The molecule has 1 aromatic carbocycles. The molecule has 1 amide bonds. The summed E-state index contributed by atoms with van der Waals surface area (Å²) < 4.78 is 0. The summed E-state index contributed by atoms with van der Waals surface area (Å²) in [6.07, 6.45) is 0.442. The lowest BCUT2D eigenvalue weighted by molar-refractivity contribution is -0.116. The van der Waals surface area contributed by atoms with E-state index in [1.807, 2.05) is 31.2 Å². The Balaban J connectivity index is 2.09. The first-order valence-electron chi connectivity index (χ1n) is 5.85. The van der Waals surface area contributed by atoms with Gasteiger partial charge >= 0.3 is 0 Å². The predicted octanol–water partition coefficient (Wildman–Crippen LogP) is 1.77. The summed E-state index contributed by atoms with van der Waals surface area (Å²) in [5, 5.41) is 9.83. The van der Waals surface area contributed by atoms with E-state index in [4.69, 9.17) is 5.73 Å². The van der Waals surface area contributed by atoms with Crippen molar-refractivity contribution in [1.82, 2.24) is 10.2 Å². The van der Waals surface area contributed by atoms with Gasteiger partial charge in [0.05, 0.1) is 0 Å². The third-order valence-electron chi connectivity index (χ3n) is 3.33. The maximum Gasteiger partial charge on any atom is 0.226 e. The van der Waals surface area contributed by atoms with Crippen LogP contribution in [0.2, 0.25) is 0 Å². The lowest BCUT2D eigenvalue weighted by atomic mass is 9.86. The summed E-state index contributed by atoms with van der Waals surface area (Å²) >= 11 is 0. The first-order chi connectivity index (χ1) is 8.65. The van der Waals surface area contributed by atoms with E-state index in [9.17, 15) is 4.79 Å². The molecule has 2 aromatic rings. The van der Waals surface area contributed by atoms with E-state index in [2.05, 4.69) is 15.5 Å². The number of anilines is 2. The van der Waals surface area contributed by atoms with Crippen molar-refractivity contribution < 1.29 is 4.79 Å². The molecule has 5 nitrogen and oxygen atoms in total. The van der Waals surface area contributed by atoms with Crippen LogP contribution in [-0.4, -0.2) is 16.1 Å². The maximum atomic E-state index is 11.7. The zero-order chi connectivity index (χ0) is 12.7. The number of carbonyl (C=O) groups is 1. The zero-order valence-electron chi connectivity index (χ0n) is 10.0. The number of hydrogen-bond donors (Lipinski definition) is 3. The van der Waals surface area contributed by atoms with Crippen molar-refractivity contribution in [3.05, 3.63) is 41.1 Å². The highest BCUT2D eigenvalue weighted by molar-refractivity contribution is 5.94. The fourth-order valence-corrected chi connectivity index (χ4v) is 2.44. The average Bonchev–Trinajstić information content (AvgIpc) is 2.71. The van der Waals surface area contributed by atoms with Crippen LogP contribution in [0.3, 0.4) is 0 Å². The minimum absolute atomic E-state index is 0.00387. The number of H-pyrrole nitrogens is 1. The number of amides is 1. The standard InChI is InChI=1S/C13H14N4O/c1-7-12-10(8-2-4-9(14)5-3-8)6-11(18)15-13(12)17-16-7/h2-5,10H,6,14H2,1H3,(H2,15,16,17,18). The topological polar surface area (TPSA) is 83.8 Å². The van der Waals surface area contributed by atoms with Crippen LogP contribution in [0.4, 0.5) is 11.5 Å². The maximum absolute atomic E-state index is 11.7. The molecule has 1 aromatic heterocycles. The molecule has 2 heterocycles. The van der Waals surface area contributed by atoms with Crippen molar-refractivity contribution in [3.63, 3.8) is 0 Å². The Labute approximate surface area is 104 Å². The molecule has 1 aliphatic rings. The highest BCUT2D eigenvalue weighted by atomic mass is 16.1. The lowest BCUT2D eigenvalue weighted by Crippen LogP contribution is -2.23. The number of carbonyl (C=O) groups excluding carboxylic acids is 1. The van der Waals surface area contributed by atoms with E-state index >= 15 is 0 Å². The molecule has 1 atom stereocenters. The van der Waals surface area contributed by atoms with Gasteiger partial charge in [-0.2, -0.15) is 5.10 Å². The van der Waals surface area contributed by atoms with Crippen LogP contribution in [0.1, 0.15) is 29.2 Å². The molecule has 0 radical (unpaired) electrons. The normalized spacial score (nSPS) is 18.3. The van der Waals surface area contributed by atoms with Gasteiger partial charge in [-0.05, 0) is 24.6 Å². The van der Waals surface area contributed by atoms with E-state index < -0.39 is 0 Å². The number of aromatic nitrogens is 2. The van der Waals surface area contributed by atoms with Gasteiger partial charge in [0.15, 0.2) is 5.82 Å². The van der Waals surface area contributed by atoms with Crippen LogP contribution in [0, 0.1) is 6.92 Å². The van der Waals surface area contributed by atoms with Crippen LogP contribution in [0.25, 0.3) is 0 Å². The van der Waals surface area contributed by atoms with Crippen LogP contribution >= 0.6 is 0 Å². The number of fused-ring (bicyclic) bond motifs is 1. The summed E-state index contributed by atoms with van der Waals surface area (Å²) in [7, 11) is 0. The van der Waals surface area contributed by atoms with Gasteiger partial charge in [0.2, 0.25) is 5.91 Å². The van der Waals surface area contributed by atoms with E-state index in [0.717, 1.165) is 22.5 Å². The van der Waals surface area contributed by atoms with Crippen molar-refractivity contribution in [1.29, 1.82) is 0 Å². The summed E-state index contributed by atoms with van der Waals surface area (Å²) in [4.78, 5) is 11.7. The third-order valence-corrected chi connectivity index (χ3v) is 3.33. The Bertz CT molecular complexity index is 600. The van der Waals surface area contributed by atoms with Gasteiger partial charge < -0.3 is 11.1 Å². The fraction of sp³-hybridized carbons (Fsp3) is 0.231. The van der Waals surface area contributed by atoms with E-state index in [0.29, 0.717) is 12.2 Å². The summed E-state index contributed by atoms with van der Waals surface area (Å²) in [6, 6.07) is 7.65. The van der Waals surface area contributed by atoms with E-state index in [1.165, 1.54) is 0 Å². The zero-order valence-corrected chi connectivity index (χ0v) is 10.0. The predicted molar refractivity (Wildman–Crippen MR) is 69.3 cm³/mol. The number of nitrogen functional groups attached to an aromatic ring is 1. The van der Waals surface area contributed by atoms with Crippen molar-refractivity contribution in [2.75, 3.05) is 11.1 Å². The Morgan fingerprint density at radius 2 is 2.06 bits per heavy atom. The van der Waals surface area contributed by atoms with Gasteiger partial charge in [-0.25, -0.2) is 0 Å². The van der Waals surface area contributed by atoms with Gasteiger partial charge in [-0.15, -0.1) is 0 Å². The fourth-order valence-electron chi connectivity index (χ4n) is 2.44. The molecule has 3 rings (SSSR count). The molecule has 0 saturated carbocycles.